The number of pyridine rings is 1. The first kappa shape index (κ1) is 46.4. The smallest absolute Gasteiger partial charge is 0.137 e. The molecule has 2 aromatic heterocycles. The van der Waals surface area contributed by atoms with Gasteiger partial charge in [0.25, 0.3) is 0 Å². The lowest BCUT2D eigenvalue weighted by Gasteiger charge is -2.35. The monoisotopic (exact) mass is 919 g/mol. The highest BCUT2D eigenvalue weighted by atomic mass is 16.5. The molecule has 0 radical (unpaired) electrons. The summed E-state index contributed by atoms with van der Waals surface area (Å²) >= 11 is 0. The lowest BCUT2D eigenvalue weighted by Crippen LogP contribution is -2.34. The fourth-order valence-corrected chi connectivity index (χ4v) is 10.1. The van der Waals surface area contributed by atoms with Crippen LogP contribution in [0.3, 0.4) is 0 Å². The van der Waals surface area contributed by atoms with Gasteiger partial charge < -0.3 is 14.5 Å². The molecule has 0 saturated heterocycles. The van der Waals surface area contributed by atoms with Gasteiger partial charge in [-0.2, -0.15) is 0 Å². The van der Waals surface area contributed by atoms with Crippen LogP contribution in [0.25, 0.3) is 49.9 Å². The van der Waals surface area contributed by atoms with Crippen LogP contribution >= 0.6 is 0 Å². The highest BCUT2D eigenvalue weighted by molar-refractivity contribution is 6.11. The Bertz CT molecular complexity index is 3400. The van der Waals surface area contributed by atoms with Crippen molar-refractivity contribution >= 4 is 33.2 Å². The van der Waals surface area contributed by atoms with Crippen molar-refractivity contribution in [2.75, 3.05) is 16.5 Å². The van der Waals surface area contributed by atoms with E-state index in [1.807, 2.05) is 6.20 Å². The van der Waals surface area contributed by atoms with Crippen LogP contribution < -0.4 is 14.5 Å². The molecule has 7 aromatic carbocycles. The van der Waals surface area contributed by atoms with Crippen molar-refractivity contribution in [2.45, 2.75) is 97.8 Å². The summed E-state index contributed by atoms with van der Waals surface area (Å²) in [6.45, 7) is 25.9. The Morgan fingerprint density at radius 3 is 1.69 bits per heavy atom. The van der Waals surface area contributed by atoms with Gasteiger partial charge in [-0.15, -0.1) is 0 Å². The molecule has 0 unspecified atom stereocenters. The van der Waals surface area contributed by atoms with Crippen molar-refractivity contribution in [3.63, 3.8) is 0 Å². The molecule has 10 rings (SSSR count). The van der Waals surface area contributed by atoms with E-state index in [1.165, 1.54) is 55.5 Å². The molecule has 1 aliphatic heterocycles. The molecule has 0 spiro atoms. The molecular formula is C65H66N4O. The summed E-state index contributed by atoms with van der Waals surface area (Å²) < 4.78 is 9.57. The predicted molar refractivity (Wildman–Crippen MR) is 296 cm³/mol. The van der Waals surface area contributed by atoms with E-state index in [9.17, 15) is 0 Å². The van der Waals surface area contributed by atoms with Crippen molar-refractivity contribution in [3.8, 4) is 39.6 Å². The van der Waals surface area contributed by atoms with Crippen LogP contribution in [0.2, 0.25) is 0 Å². The van der Waals surface area contributed by atoms with Gasteiger partial charge in [-0.1, -0.05) is 191 Å². The van der Waals surface area contributed by atoms with E-state index in [-0.39, 0.29) is 21.7 Å². The summed E-state index contributed by atoms with van der Waals surface area (Å²) in [6.07, 6.45) is 4.32. The first-order valence-electron chi connectivity index (χ1n) is 24.8. The van der Waals surface area contributed by atoms with Gasteiger partial charge in [0.2, 0.25) is 0 Å². The molecule has 5 nitrogen and oxygen atoms in total. The number of para-hydroxylation sites is 1. The highest BCUT2D eigenvalue weighted by Gasteiger charge is 2.37. The zero-order valence-electron chi connectivity index (χ0n) is 42.8. The van der Waals surface area contributed by atoms with E-state index in [0.717, 1.165) is 45.2 Å². The Balaban J connectivity index is 1.14. The molecule has 5 heteroatoms. The van der Waals surface area contributed by atoms with Crippen LogP contribution in [0.15, 0.2) is 194 Å². The van der Waals surface area contributed by atoms with E-state index in [4.69, 9.17) is 9.72 Å². The number of allylic oxidation sites excluding steroid dienone is 1. The quantitative estimate of drug-likeness (QED) is 0.144. The van der Waals surface area contributed by atoms with Crippen LogP contribution in [0.1, 0.15) is 98.4 Å². The zero-order valence-corrected chi connectivity index (χ0v) is 42.8. The standard InChI is InChI=1S/C65H66N4O/c1-62(2,3)49-31-32-66-60(38-49)69-57-30-22-21-29-55(57)61-56(64(7,8)9)40-54(41-58(61)69)70-53-36-47(45-25-17-13-18-26-45)34-51(39-53)67-42-59(65(10,11)48-27-19-14-20-28-48)68(43-67)52-35-46(44-23-15-12-16-24-44)33-50(37-52)63(4,5)6/h12-42H,43H2,1-11H3. The van der Waals surface area contributed by atoms with E-state index >= 15 is 0 Å². The fraction of sp³-hybridized carbons (Fsp3) is 0.246. The Kier molecular flexibility index (Phi) is 11.6. The summed E-state index contributed by atoms with van der Waals surface area (Å²) in [6, 6.07) is 63.8. The number of benzene rings is 7. The summed E-state index contributed by atoms with van der Waals surface area (Å²) in [5.41, 5.74) is 14.6. The molecule has 3 heterocycles. The topological polar surface area (TPSA) is 33.5 Å². The normalized spacial score (nSPS) is 13.6. The van der Waals surface area contributed by atoms with E-state index < -0.39 is 0 Å². The van der Waals surface area contributed by atoms with Crippen molar-refractivity contribution < 1.29 is 4.74 Å². The highest BCUT2D eigenvalue weighted by Crippen LogP contribution is 2.46. The molecule has 0 atom stereocenters. The number of anilines is 2. The predicted octanol–water partition coefficient (Wildman–Crippen LogP) is 17.3. The number of nitrogens with zero attached hydrogens (tertiary/aromatic N) is 4. The minimum atomic E-state index is -0.338. The summed E-state index contributed by atoms with van der Waals surface area (Å²) in [5, 5.41) is 2.42. The molecule has 0 fully saturated rings. The third kappa shape index (κ3) is 8.90. The zero-order chi connectivity index (χ0) is 49.2. The maximum atomic E-state index is 7.25. The number of ether oxygens (including phenoxy) is 1. The van der Waals surface area contributed by atoms with Crippen LogP contribution in [0.4, 0.5) is 11.4 Å². The lowest BCUT2D eigenvalue weighted by atomic mass is 9.80. The van der Waals surface area contributed by atoms with Crippen molar-refractivity contribution in [3.05, 3.63) is 216 Å². The maximum Gasteiger partial charge on any atom is 0.137 e. The van der Waals surface area contributed by atoms with Gasteiger partial charge in [-0.25, -0.2) is 4.98 Å². The average Bonchev–Trinajstić information content (AvgIpc) is 3.95. The second-order valence-electron chi connectivity index (χ2n) is 22.7. The van der Waals surface area contributed by atoms with Gasteiger partial charge in [0.15, 0.2) is 0 Å². The maximum absolute atomic E-state index is 7.25. The average molecular weight is 919 g/mol. The third-order valence-corrected chi connectivity index (χ3v) is 14.2. The molecular weight excluding hydrogens is 853 g/mol. The third-order valence-electron chi connectivity index (χ3n) is 14.2. The van der Waals surface area contributed by atoms with Crippen LogP contribution in [-0.4, -0.2) is 16.2 Å². The second kappa shape index (κ2) is 17.5. The second-order valence-corrected chi connectivity index (χ2v) is 22.7. The molecule has 1 aliphatic rings. The number of fused-ring (bicyclic) bond motifs is 3. The van der Waals surface area contributed by atoms with E-state index in [2.05, 4.69) is 273 Å². The number of hydrogen-bond acceptors (Lipinski definition) is 4. The lowest BCUT2D eigenvalue weighted by molar-refractivity contribution is 0.480. The molecule has 70 heavy (non-hydrogen) atoms. The minimum absolute atomic E-state index is 0.0377. The van der Waals surface area contributed by atoms with Gasteiger partial charge in [0.05, 0.1) is 17.7 Å². The molecule has 0 amide bonds. The van der Waals surface area contributed by atoms with Crippen LogP contribution in [-0.2, 0) is 21.7 Å². The van der Waals surface area contributed by atoms with E-state index in [0.29, 0.717) is 6.67 Å². The molecule has 0 saturated carbocycles. The Hall–Kier alpha value is -7.37. The Morgan fingerprint density at radius 1 is 0.457 bits per heavy atom. The number of aromatic nitrogens is 2. The molecule has 352 valence electrons. The summed E-state index contributed by atoms with van der Waals surface area (Å²) in [4.78, 5) is 9.94. The van der Waals surface area contributed by atoms with Crippen molar-refractivity contribution in [1.29, 1.82) is 0 Å². The fourth-order valence-electron chi connectivity index (χ4n) is 10.1. The van der Waals surface area contributed by atoms with Crippen LogP contribution in [0, 0.1) is 0 Å². The molecule has 0 N–H and O–H groups in total. The van der Waals surface area contributed by atoms with Gasteiger partial charge in [-0.05, 0) is 109 Å². The SMILES string of the molecule is CC(C)(C)c1cc(-c2ccccc2)cc(N2CN(c3cc(Oc4cc(C(C)(C)C)c5c6ccccc6n(-c6cc(C(C)(C)C)ccn6)c5c4)cc(-c4ccccc4)c3)C=C2C(C)(C)c2ccccc2)c1. The van der Waals surface area contributed by atoms with Crippen molar-refractivity contribution in [1.82, 2.24) is 9.55 Å². The number of rotatable bonds is 9. The number of hydrogen-bond donors (Lipinski definition) is 0. The minimum Gasteiger partial charge on any atom is -0.457 e. The first-order chi connectivity index (χ1) is 33.3. The Morgan fingerprint density at radius 2 is 1.04 bits per heavy atom. The van der Waals surface area contributed by atoms with Crippen LogP contribution in [0.5, 0.6) is 11.5 Å². The van der Waals surface area contributed by atoms with E-state index in [1.54, 1.807) is 0 Å². The van der Waals surface area contributed by atoms with Crippen molar-refractivity contribution in [2.24, 2.45) is 0 Å². The van der Waals surface area contributed by atoms with Gasteiger partial charge in [-0.3, -0.25) is 4.57 Å². The van der Waals surface area contributed by atoms with Gasteiger partial charge in [0, 0.05) is 57.8 Å². The molecule has 9 aromatic rings. The Labute approximate surface area is 415 Å². The van der Waals surface area contributed by atoms with Gasteiger partial charge in [0.1, 0.15) is 17.3 Å². The molecule has 0 aliphatic carbocycles. The largest absolute Gasteiger partial charge is 0.457 e. The summed E-state index contributed by atoms with van der Waals surface area (Å²) in [5.74, 6) is 2.44. The summed E-state index contributed by atoms with van der Waals surface area (Å²) in [7, 11) is 0. The van der Waals surface area contributed by atoms with Gasteiger partial charge >= 0.3 is 0 Å². The molecule has 0 bridgehead atoms. The first-order valence-corrected chi connectivity index (χ1v) is 24.8.